The molecule has 1 aliphatic rings. The van der Waals surface area contributed by atoms with E-state index in [4.69, 9.17) is 9.47 Å². The fraction of sp³-hybridized carbons (Fsp3) is 0.407. The number of hydrogen-bond donors (Lipinski definition) is 1. The van der Waals surface area contributed by atoms with Gasteiger partial charge in [0.2, 0.25) is 5.82 Å². The Morgan fingerprint density at radius 3 is 2.64 bits per heavy atom. The van der Waals surface area contributed by atoms with E-state index in [1.807, 2.05) is 0 Å². The highest BCUT2D eigenvalue weighted by molar-refractivity contribution is 5.83. The van der Waals surface area contributed by atoms with Gasteiger partial charge < -0.3 is 14.6 Å². The van der Waals surface area contributed by atoms with E-state index >= 15 is 0 Å². The van der Waals surface area contributed by atoms with Gasteiger partial charge >= 0.3 is 5.97 Å². The van der Waals surface area contributed by atoms with E-state index in [1.165, 1.54) is 18.3 Å². The molecule has 1 N–H and O–H groups in total. The minimum Gasteiger partial charge on any atom is -0.497 e. The van der Waals surface area contributed by atoms with Crippen LogP contribution in [-0.4, -0.2) is 54.3 Å². The summed E-state index contributed by atoms with van der Waals surface area (Å²) < 4.78 is 52.3. The number of hydrogen-bond acceptors (Lipinski definition) is 5. The maximum atomic E-state index is 14.6. The zero-order valence-electron chi connectivity index (χ0n) is 20.1. The summed E-state index contributed by atoms with van der Waals surface area (Å²) in [6, 6.07) is 9.08. The van der Waals surface area contributed by atoms with Crippen LogP contribution in [0.15, 0.2) is 42.6 Å². The number of rotatable bonds is 10. The molecule has 0 bridgehead atoms. The summed E-state index contributed by atoms with van der Waals surface area (Å²) in [7, 11) is 1.54. The number of methoxy groups -OCH3 is 1. The molecule has 1 aliphatic heterocycles. The topological polar surface area (TPSA) is 71.9 Å². The standard InChI is InChI=1S/C27H29F3N2O4/c1-35-18-7-8-23-20(16-18)19(22(29)17-31-23)4-3-9-27(26(33)34)10-12-32(13-11-27)14-15-36-24-6-2-5-21(28)25(24)30/h2,5-8,16-17H,3-4,9-15H2,1H3,(H,33,34). The molecule has 3 aromatic rings. The van der Waals surface area contributed by atoms with E-state index in [0.29, 0.717) is 74.0 Å². The van der Waals surface area contributed by atoms with Gasteiger partial charge in [-0.25, -0.2) is 8.78 Å². The van der Waals surface area contributed by atoms with Gasteiger partial charge in [-0.3, -0.25) is 14.7 Å². The van der Waals surface area contributed by atoms with Gasteiger partial charge in [0.1, 0.15) is 18.2 Å². The van der Waals surface area contributed by atoms with Crippen LogP contribution in [-0.2, 0) is 11.2 Å². The van der Waals surface area contributed by atoms with Crippen molar-refractivity contribution in [3.05, 3.63) is 65.6 Å². The number of aliphatic carboxylic acids is 1. The molecule has 0 aliphatic carbocycles. The summed E-state index contributed by atoms with van der Waals surface area (Å²) in [4.78, 5) is 18.4. The summed E-state index contributed by atoms with van der Waals surface area (Å²) in [6.07, 6.45) is 3.43. The van der Waals surface area contributed by atoms with Crippen LogP contribution in [0.25, 0.3) is 10.9 Å². The number of aryl methyl sites for hydroxylation is 1. The molecule has 2 heterocycles. The number of halogens is 3. The molecule has 192 valence electrons. The molecule has 0 unspecified atom stereocenters. The second kappa shape index (κ2) is 11.2. The minimum atomic E-state index is -1.02. The fourth-order valence-electron chi connectivity index (χ4n) is 4.84. The Balaban J connectivity index is 1.33. The molecule has 2 aromatic carbocycles. The number of piperidine rings is 1. The van der Waals surface area contributed by atoms with Gasteiger partial charge in [0.15, 0.2) is 11.6 Å². The van der Waals surface area contributed by atoms with Crippen LogP contribution in [0.2, 0.25) is 0 Å². The number of nitrogens with zero attached hydrogens (tertiary/aromatic N) is 2. The first-order valence-electron chi connectivity index (χ1n) is 12.0. The summed E-state index contributed by atoms with van der Waals surface area (Å²) >= 11 is 0. The van der Waals surface area contributed by atoms with Crippen molar-refractivity contribution in [1.82, 2.24) is 9.88 Å². The van der Waals surface area contributed by atoms with Crippen LogP contribution in [0.5, 0.6) is 11.5 Å². The van der Waals surface area contributed by atoms with Gasteiger partial charge in [0.05, 0.1) is 24.2 Å². The number of fused-ring (bicyclic) bond motifs is 1. The fourth-order valence-corrected chi connectivity index (χ4v) is 4.84. The zero-order chi connectivity index (χ0) is 25.7. The van der Waals surface area contributed by atoms with E-state index < -0.39 is 28.8 Å². The van der Waals surface area contributed by atoms with Crippen LogP contribution in [0.4, 0.5) is 13.2 Å². The number of likely N-dealkylation sites (tertiary alicyclic amines) is 1. The molecule has 1 fully saturated rings. The van der Waals surface area contributed by atoms with Crippen LogP contribution < -0.4 is 9.47 Å². The number of carboxylic acids is 1. The van der Waals surface area contributed by atoms with Gasteiger partial charge in [-0.05, 0) is 81.1 Å². The van der Waals surface area contributed by atoms with Gasteiger partial charge in [0.25, 0.3) is 0 Å². The third-order valence-electron chi connectivity index (χ3n) is 7.06. The SMILES string of the molecule is COc1ccc2ncc(F)c(CCCC3(C(=O)O)CCN(CCOc4cccc(F)c4F)CC3)c2c1. The molecular formula is C27H29F3N2O4. The highest BCUT2D eigenvalue weighted by Crippen LogP contribution is 2.37. The minimum absolute atomic E-state index is 0.139. The number of ether oxygens (including phenoxy) is 2. The molecule has 0 amide bonds. The van der Waals surface area contributed by atoms with Gasteiger partial charge in [-0.1, -0.05) is 6.07 Å². The Kier molecular flexibility index (Phi) is 7.98. The predicted molar refractivity (Wildman–Crippen MR) is 129 cm³/mol. The van der Waals surface area contributed by atoms with Crippen molar-refractivity contribution < 1.29 is 32.5 Å². The number of aromatic nitrogens is 1. The maximum Gasteiger partial charge on any atom is 0.309 e. The Morgan fingerprint density at radius 1 is 1.14 bits per heavy atom. The van der Waals surface area contributed by atoms with Crippen molar-refractivity contribution in [2.75, 3.05) is 33.4 Å². The molecule has 0 spiro atoms. The lowest BCUT2D eigenvalue weighted by Crippen LogP contribution is -2.45. The third-order valence-corrected chi connectivity index (χ3v) is 7.06. The lowest BCUT2D eigenvalue weighted by atomic mass is 9.74. The number of pyridine rings is 1. The smallest absolute Gasteiger partial charge is 0.309 e. The Hall–Kier alpha value is -3.33. The van der Waals surface area contributed by atoms with Crippen molar-refractivity contribution in [2.24, 2.45) is 5.41 Å². The second-order valence-corrected chi connectivity index (χ2v) is 9.15. The van der Waals surface area contributed by atoms with Crippen molar-refractivity contribution in [3.8, 4) is 11.5 Å². The average molecular weight is 503 g/mol. The van der Waals surface area contributed by atoms with Gasteiger partial charge in [0, 0.05) is 11.9 Å². The second-order valence-electron chi connectivity index (χ2n) is 9.15. The first kappa shape index (κ1) is 25.8. The normalized spacial score (nSPS) is 15.7. The molecule has 1 saturated heterocycles. The maximum absolute atomic E-state index is 14.6. The zero-order valence-corrected chi connectivity index (χ0v) is 20.1. The van der Waals surface area contributed by atoms with E-state index in [0.717, 1.165) is 6.07 Å². The average Bonchev–Trinajstić information content (AvgIpc) is 2.88. The Bertz CT molecular complexity index is 1230. The summed E-state index contributed by atoms with van der Waals surface area (Å²) in [5.74, 6) is -2.77. The molecule has 4 rings (SSSR count). The summed E-state index contributed by atoms with van der Waals surface area (Å²) in [5, 5.41) is 10.7. The predicted octanol–water partition coefficient (Wildman–Crippen LogP) is 5.23. The molecule has 0 radical (unpaired) electrons. The highest BCUT2D eigenvalue weighted by Gasteiger charge is 2.40. The van der Waals surface area contributed by atoms with Crippen LogP contribution in [0.3, 0.4) is 0 Å². The number of carboxylic acid groups (broad SMARTS) is 1. The first-order valence-corrected chi connectivity index (χ1v) is 12.0. The summed E-state index contributed by atoms with van der Waals surface area (Å²) in [5.41, 5.74) is 0.288. The molecule has 0 atom stereocenters. The van der Waals surface area contributed by atoms with Crippen LogP contribution in [0.1, 0.15) is 31.2 Å². The Morgan fingerprint density at radius 2 is 1.92 bits per heavy atom. The van der Waals surface area contributed by atoms with Crippen molar-refractivity contribution in [3.63, 3.8) is 0 Å². The molecule has 36 heavy (non-hydrogen) atoms. The quantitative estimate of drug-likeness (QED) is 0.410. The monoisotopic (exact) mass is 502 g/mol. The van der Waals surface area contributed by atoms with Crippen LogP contribution in [0, 0.1) is 22.9 Å². The molecular weight excluding hydrogens is 473 g/mol. The largest absolute Gasteiger partial charge is 0.497 e. The molecule has 1 aromatic heterocycles. The number of benzene rings is 2. The highest BCUT2D eigenvalue weighted by atomic mass is 19.2. The van der Waals surface area contributed by atoms with Crippen molar-refractivity contribution >= 4 is 16.9 Å². The van der Waals surface area contributed by atoms with E-state index in [1.54, 1.807) is 25.3 Å². The van der Waals surface area contributed by atoms with Gasteiger partial charge in [-0.15, -0.1) is 0 Å². The van der Waals surface area contributed by atoms with Crippen molar-refractivity contribution in [1.29, 1.82) is 0 Å². The van der Waals surface area contributed by atoms with Gasteiger partial charge in [-0.2, -0.15) is 4.39 Å². The lowest BCUT2D eigenvalue weighted by molar-refractivity contribution is -0.152. The third kappa shape index (κ3) is 5.56. The Labute approximate surface area is 207 Å². The van der Waals surface area contributed by atoms with E-state index in [-0.39, 0.29) is 12.4 Å². The lowest BCUT2D eigenvalue weighted by Gasteiger charge is -2.39. The summed E-state index contributed by atoms with van der Waals surface area (Å²) in [6.45, 7) is 1.73. The van der Waals surface area contributed by atoms with Crippen LogP contribution >= 0.6 is 0 Å². The molecule has 6 nitrogen and oxygen atoms in total. The molecule has 9 heteroatoms. The van der Waals surface area contributed by atoms with Crippen molar-refractivity contribution in [2.45, 2.75) is 32.1 Å². The van der Waals surface area contributed by atoms with E-state index in [2.05, 4.69) is 9.88 Å². The van der Waals surface area contributed by atoms with E-state index in [9.17, 15) is 23.1 Å². The molecule has 0 saturated carbocycles. The first-order chi connectivity index (χ1) is 17.3. The number of carbonyl (C=O) groups is 1.